The zero-order valence-corrected chi connectivity index (χ0v) is 19.2. The zero-order chi connectivity index (χ0) is 20.0. The first-order chi connectivity index (χ1) is 12.0. The van der Waals surface area contributed by atoms with Crippen molar-refractivity contribution in [2.24, 2.45) is 11.3 Å². The number of ether oxygens (including phenoxy) is 1. The summed E-state index contributed by atoms with van der Waals surface area (Å²) in [7, 11) is 0. The Morgan fingerprint density at radius 2 is 1.85 bits per heavy atom. The van der Waals surface area contributed by atoms with Crippen molar-refractivity contribution in [3.63, 3.8) is 0 Å². The summed E-state index contributed by atoms with van der Waals surface area (Å²) < 4.78 is 25.2. The molecular weight excluding hydrogens is 449 g/mol. The van der Waals surface area contributed by atoms with E-state index in [-0.39, 0.29) is 17.9 Å². The van der Waals surface area contributed by atoms with Crippen LogP contribution in [0.15, 0.2) is 11.6 Å². The van der Waals surface area contributed by atoms with Crippen LogP contribution in [0.3, 0.4) is 0 Å². The number of halogens is 1. The number of alkyl halides is 1. The van der Waals surface area contributed by atoms with Gasteiger partial charge in [0.1, 0.15) is 0 Å². The third-order valence-corrected chi connectivity index (χ3v) is 9.14. The topological polar surface area (TPSA) is 90.2 Å². The molecule has 7 heteroatoms. The number of rotatable bonds is 10. The fourth-order valence-corrected chi connectivity index (χ4v) is 6.47. The molecule has 0 bridgehead atoms. The maximum atomic E-state index is 10.4. The van der Waals surface area contributed by atoms with Gasteiger partial charge in [-0.25, -0.2) is 0 Å². The minimum absolute atomic E-state index is 0.190. The van der Waals surface area contributed by atoms with Crippen molar-refractivity contribution in [1.82, 2.24) is 0 Å². The molecule has 4 N–H and O–H groups in total. The number of hydrogen-bond donors (Lipinski definition) is 4. The van der Waals surface area contributed by atoms with Crippen LogP contribution in [-0.4, -0.2) is 51.8 Å². The van der Waals surface area contributed by atoms with Crippen LogP contribution in [-0.2, 0) is 4.74 Å². The average molecular weight is 488 g/mol. The third-order valence-electron chi connectivity index (χ3n) is 5.36. The molecule has 0 radical (unpaired) electrons. The monoisotopic (exact) mass is 488 g/mol. The molecule has 1 rings (SSSR count). The van der Waals surface area contributed by atoms with E-state index in [2.05, 4.69) is 19.9 Å². The summed E-state index contributed by atoms with van der Waals surface area (Å²) in [6, 6.07) is 0. The Kier molecular flexibility index (Phi) is 9.46. The van der Waals surface area contributed by atoms with Gasteiger partial charge in [0.2, 0.25) is 0 Å². The van der Waals surface area contributed by atoms with Gasteiger partial charge in [-0.3, -0.25) is 0 Å². The molecule has 0 spiro atoms. The van der Waals surface area contributed by atoms with Crippen molar-refractivity contribution in [3.05, 3.63) is 11.6 Å². The molecule has 6 nitrogen and oxygen atoms in total. The number of nitrogens with zero attached hydrogens (tertiary/aromatic N) is 1. The molecule has 1 fully saturated rings. The van der Waals surface area contributed by atoms with Crippen molar-refractivity contribution in [2.75, 3.05) is 26.3 Å². The standard InChI is InChI=1S/C19H39INO5/c1-6-8-18(5,15-21(24,25)14-16(2)3)9-7-17(4)19(20(22)23)10-12-26-13-11-19/h7,16,22-25H,6,8-15H2,1-5H3/q+1/b17-7+/t18-/m1/s1. The van der Waals surface area contributed by atoms with Gasteiger partial charge in [0.05, 0.1) is 0 Å². The van der Waals surface area contributed by atoms with Crippen molar-refractivity contribution in [2.45, 2.75) is 70.1 Å². The normalized spacial score (nSPS) is 21.6. The van der Waals surface area contributed by atoms with Crippen LogP contribution in [0.25, 0.3) is 0 Å². The van der Waals surface area contributed by atoms with Crippen molar-refractivity contribution >= 4 is 20.6 Å². The first kappa shape index (κ1) is 24.3. The van der Waals surface area contributed by atoms with Gasteiger partial charge in [-0.2, -0.15) is 0 Å². The number of hydroxylamine groups is 4. The van der Waals surface area contributed by atoms with Crippen molar-refractivity contribution in [3.8, 4) is 0 Å². The predicted molar refractivity (Wildman–Crippen MR) is 111 cm³/mol. The van der Waals surface area contributed by atoms with Gasteiger partial charge in [-0.15, -0.1) is 0 Å². The summed E-state index contributed by atoms with van der Waals surface area (Å²) in [5.74, 6) is 0.190. The molecule has 156 valence electrons. The second-order valence-corrected chi connectivity index (χ2v) is 12.0. The summed E-state index contributed by atoms with van der Waals surface area (Å²) >= 11 is -3.05. The molecule has 1 aliphatic rings. The van der Waals surface area contributed by atoms with E-state index in [1.54, 1.807) is 0 Å². The predicted octanol–water partition coefficient (Wildman–Crippen LogP) is 4.25. The van der Waals surface area contributed by atoms with E-state index in [1.165, 1.54) is 0 Å². The molecule has 0 aromatic rings. The average Bonchev–Trinajstić information content (AvgIpc) is 2.51. The van der Waals surface area contributed by atoms with Gasteiger partial charge in [-0.05, 0) is 0 Å². The minimum atomic E-state index is -3.05. The van der Waals surface area contributed by atoms with E-state index in [9.17, 15) is 17.3 Å². The van der Waals surface area contributed by atoms with Gasteiger partial charge in [0.15, 0.2) is 0 Å². The second-order valence-electron chi connectivity index (χ2n) is 8.59. The molecule has 0 unspecified atom stereocenters. The first-order valence-corrected chi connectivity index (χ1v) is 12.6. The van der Waals surface area contributed by atoms with E-state index in [0.717, 1.165) is 18.4 Å². The van der Waals surface area contributed by atoms with Crippen LogP contribution in [0, 0.1) is 11.3 Å². The van der Waals surface area contributed by atoms with Gasteiger partial charge in [0.25, 0.3) is 0 Å². The molecule has 0 aliphatic carbocycles. The molecule has 0 amide bonds. The summed E-state index contributed by atoms with van der Waals surface area (Å²) in [6.07, 6.45) is 5.96. The summed E-state index contributed by atoms with van der Waals surface area (Å²) in [5, 5.41) is 20.8. The Morgan fingerprint density at radius 3 is 2.31 bits per heavy atom. The Bertz CT molecular complexity index is 461. The molecule has 1 saturated heterocycles. The van der Waals surface area contributed by atoms with Crippen molar-refractivity contribution < 1.29 is 26.8 Å². The van der Waals surface area contributed by atoms with Crippen molar-refractivity contribution in [1.29, 1.82) is 0 Å². The van der Waals surface area contributed by atoms with E-state index in [0.29, 0.717) is 39.0 Å². The summed E-state index contributed by atoms with van der Waals surface area (Å²) in [6.45, 7) is 11.8. The van der Waals surface area contributed by atoms with E-state index >= 15 is 0 Å². The summed E-state index contributed by atoms with van der Waals surface area (Å²) in [5.41, 5.74) is 0.765. The SMILES string of the molecule is CCC[C@](C)(C/C=C(\C)C1(I(O)O)CCOCC1)C[N+](O)(O)CC(C)C. The van der Waals surface area contributed by atoms with Crippen LogP contribution in [0.4, 0.5) is 0 Å². The molecule has 26 heavy (non-hydrogen) atoms. The van der Waals surface area contributed by atoms with Crippen LogP contribution in [0.5, 0.6) is 0 Å². The van der Waals surface area contributed by atoms with Crippen LogP contribution in [0.1, 0.15) is 66.7 Å². The van der Waals surface area contributed by atoms with E-state index in [1.807, 2.05) is 20.8 Å². The maximum absolute atomic E-state index is 10.4. The van der Waals surface area contributed by atoms with Crippen LogP contribution in [0.2, 0.25) is 0 Å². The Labute approximate surface area is 166 Å². The fraction of sp³-hybridized carbons (Fsp3) is 0.895. The summed E-state index contributed by atoms with van der Waals surface area (Å²) in [4.78, 5) is -0.960. The quantitative estimate of drug-likeness (QED) is 0.121. The zero-order valence-electron chi connectivity index (χ0n) is 17.0. The number of hydrogen-bond acceptors (Lipinski definition) is 5. The van der Waals surface area contributed by atoms with Gasteiger partial charge in [0, 0.05) is 0 Å². The first-order valence-electron chi connectivity index (χ1n) is 9.62. The van der Waals surface area contributed by atoms with E-state index < -0.39 is 28.9 Å². The molecule has 1 aliphatic heterocycles. The molecule has 1 heterocycles. The fourth-order valence-electron chi connectivity index (χ4n) is 4.08. The van der Waals surface area contributed by atoms with Gasteiger partial charge < -0.3 is 0 Å². The molecular formula is C19H39INO5+. The van der Waals surface area contributed by atoms with Crippen LogP contribution < -0.4 is 0 Å². The Morgan fingerprint density at radius 1 is 1.27 bits per heavy atom. The van der Waals surface area contributed by atoms with Gasteiger partial charge >= 0.3 is 167 Å². The number of allylic oxidation sites excluding steroid dienone is 2. The molecule has 0 aromatic carbocycles. The third kappa shape index (κ3) is 7.00. The number of quaternary nitrogens is 1. The van der Waals surface area contributed by atoms with Crippen LogP contribution >= 0.6 is 20.6 Å². The molecule has 0 aromatic heterocycles. The van der Waals surface area contributed by atoms with Gasteiger partial charge in [-0.1, -0.05) is 0 Å². The second kappa shape index (κ2) is 10.1. The van der Waals surface area contributed by atoms with E-state index in [4.69, 9.17) is 4.74 Å². The Balaban J connectivity index is 2.95. The molecule has 1 atom stereocenters. The molecule has 0 saturated carbocycles. The Hall–Kier alpha value is 0.230.